The minimum atomic E-state index is 0.476. The SMILES string of the molecule is CCOc1ccc(NC(=NC)NCc2cc(-c3ccccc3)on2)cc1OC. The molecular formula is C21H24N4O3. The molecule has 0 bridgehead atoms. The lowest BCUT2D eigenvalue weighted by atomic mass is 10.2. The van der Waals surface area contributed by atoms with Gasteiger partial charge in [0.05, 0.1) is 20.3 Å². The fourth-order valence-electron chi connectivity index (χ4n) is 2.64. The van der Waals surface area contributed by atoms with Crippen LogP contribution in [0.25, 0.3) is 11.3 Å². The van der Waals surface area contributed by atoms with Gasteiger partial charge in [0.15, 0.2) is 23.2 Å². The second-order valence-electron chi connectivity index (χ2n) is 5.90. The molecular weight excluding hydrogens is 356 g/mol. The number of methoxy groups -OCH3 is 1. The number of aliphatic imine (C=N–C) groups is 1. The van der Waals surface area contributed by atoms with Crippen molar-refractivity contribution in [1.82, 2.24) is 10.5 Å². The molecule has 3 aromatic rings. The second-order valence-corrected chi connectivity index (χ2v) is 5.90. The van der Waals surface area contributed by atoms with E-state index in [9.17, 15) is 0 Å². The first kappa shape index (κ1) is 19.3. The van der Waals surface area contributed by atoms with Crippen LogP contribution in [0.15, 0.2) is 64.1 Å². The van der Waals surface area contributed by atoms with Crippen molar-refractivity contribution in [2.24, 2.45) is 4.99 Å². The number of nitrogens with zero attached hydrogens (tertiary/aromatic N) is 2. The molecule has 1 aromatic heterocycles. The summed E-state index contributed by atoms with van der Waals surface area (Å²) in [6.45, 7) is 2.99. The fourth-order valence-corrected chi connectivity index (χ4v) is 2.64. The van der Waals surface area contributed by atoms with Gasteiger partial charge in [-0.15, -0.1) is 0 Å². The smallest absolute Gasteiger partial charge is 0.195 e. The van der Waals surface area contributed by atoms with E-state index in [1.54, 1.807) is 14.2 Å². The highest BCUT2D eigenvalue weighted by Gasteiger charge is 2.09. The number of hydrogen-bond donors (Lipinski definition) is 2. The number of hydrogen-bond acceptors (Lipinski definition) is 5. The molecule has 0 aliphatic heterocycles. The molecule has 1 heterocycles. The van der Waals surface area contributed by atoms with Gasteiger partial charge in [0.25, 0.3) is 0 Å². The number of ether oxygens (including phenoxy) is 2. The van der Waals surface area contributed by atoms with Gasteiger partial charge in [-0.1, -0.05) is 35.5 Å². The third-order valence-corrected chi connectivity index (χ3v) is 4.00. The zero-order valence-electron chi connectivity index (χ0n) is 16.2. The van der Waals surface area contributed by atoms with E-state index in [1.807, 2.05) is 61.5 Å². The molecule has 7 nitrogen and oxygen atoms in total. The largest absolute Gasteiger partial charge is 0.493 e. The molecule has 28 heavy (non-hydrogen) atoms. The zero-order valence-corrected chi connectivity index (χ0v) is 16.2. The molecule has 0 atom stereocenters. The topological polar surface area (TPSA) is 80.9 Å². The average Bonchev–Trinajstić information content (AvgIpc) is 3.22. The molecule has 0 amide bonds. The van der Waals surface area contributed by atoms with Gasteiger partial charge in [0.1, 0.15) is 5.69 Å². The van der Waals surface area contributed by atoms with Crippen molar-refractivity contribution in [3.63, 3.8) is 0 Å². The summed E-state index contributed by atoms with van der Waals surface area (Å²) in [6, 6.07) is 17.4. The Morgan fingerprint density at radius 3 is 2.64 bits per heavy atom. The number of anilines is 1. The Labute approximate surface area is 164 Å². The summed E-state index contributed by atoms with van der Waals surface area (Å²) in [5, 5.41) is 10.6. The zero-order chi connectivity index (χ0) is 19.8. The highest BCUT2D eigenvalue weighted by atomic mass is 16.5. The Bertz CT molecular complexity index is 922. The molecule has 7 heteroatoms. The summed E-state index contributed by atoms with van der Waals surface area (Å²) in [4.78, 5) is 4.24. The van der Waals surface area contributed by atoms with Crippen LogP contribution in [-0.2, 0) is 6.54 Å². The predicted octanol–water partition coefficient (Wildman–Crippen LogP) is 3.94. The van der Waals surface area contributed by atoms with Crippen LogP contribution in [0.2, 0.25) is 0 Å². The lowest BCUT2D eigenvalue weighted by Gasteiger charge is -2.14. The minimum Gasteiger partial charge on any atom is -0.493 e. The van der Waals surface area contributed by atoms with Crippen molar-refractivity contribution in [2.45, 2.75) is 13.5 Å². The van der Waals surface area contributed by atoms with Crippen LogP contribution in [0.3, 0.4) is 0 Å². The lowest BCUT2D eigenvalue weighted by Crippen LogP contribution is -2.30. The Kier molecular flexibility index (Phi) is 6.51. The first-order valence-electron chi connectivity index (χ1n) is 9.03. The van der Waals surface area contributed by atoms with E-state index < -0.39 is 0 Å². The summed E-state index contributed by atoms with van der Waals surface area (Å²) < 4.78 is 16.3. The van der Waals surface area contributed by atoms with E-state index in [1.165, 1.54) is 0 Å². The van der Waals surface area contributed by atoms with Crippen LogP contribution < -0.4 is 20.1 Å². The number of nitrogens with one attached hydrogen (secondary N) is 2. The van der Waals surface area contributed by atoms with Crippen molar-refractivity contribution in [1.29, 1.82) is 0 Å². The van der Waals surface area contributed by atoms with Gasteiger partial charge < -0.3 is 24.6 Å². The van der Waals surface area contributed by atoms with Gasteiger partial charge in [-0.2, -0.15) is 0 Å². The quantitative estimate of drug-likeness (QED) is 0.477. The van der Waals surface area contributed by atoms with Gasteiger partial charge >= 0.3 is 0 Å². The predicted molar refractivity (Wildman–Crippen MR) is 110 cm³/mol. The Morgan fingerprint density at radius 2 is 1.93 bits per heavy atom. The molecule has 2 aromatic carbocycles. The van der Waals surface area contributed by atoms with Crippen molar-refractivity contribution >= 4 is 11.6 Å². The van der Waals surface area contributed by atoms with E-state index in [0.29, 0.717) is 30.6 Å². The van der Waals surface area contributed by atoms with E-state index in [4.69, 9.17) is 14.0 Å². The molecule has 0 unspecified atom stereocenters. The fraction of sp³-hybridized carbons (Fsp3) is 0.238. The van der Waals surface area contributed by atoms with Gasteiger partial charge in [-0.05, 0) is 19.1 Å². The van der Waals surface area contributed by atoms with Crippen molar-refractivity contribution in [3.05, 3.63) is 60.3 Å². The minimum absolute atomic E-state index is 0.476. The normalized spacial score (nSPS) is 11.2. The van der Waals surface area contributed by atoms with Gasteiger partial charge in [0, 0.05) is 30.4 Å². The summed E-state index contributed by atoms with van der Waals surface area (Å²) in [6.07, 6.45) is 0. The lowest BCUT2D eigenvalue weighted by molar-refractivity contribution is 0.311. The molecule has 0 aliphatic rings. The molecule has 2 N–H and O–H groups in total. The number of benzene rings is 2. The van der Waals surface area contributed by atoms with Gasteiger partial charge in [0.2, 0.25) is 0 Å². The number of rotatable bonds is 7. The highest BCUT2D eigenvalue weighted by molar-refractivity contribution is 5.93. The van der Waals surface area contributed by atoms with Gasteiger partial charge in [-0.3, -0.25) is 4.99 Å². The van der Waals surface area contributed by atoms with Gasteiger partial charge in [-0.25, -0.2) is 0 Å². The monoisotopic (exact) mass is 380 g/mol. The van der Waals surface area contributed by atoms with Crippen LogP contribution in [0.4, 0.5) is 5.69 Å². The van der Waals surface area contributed by atoms with Crippen LogP contribution in [0.5, 0.6) is 11.5 Å². The molecule has 0 spiro atoms. The Hall–Kier alpha value is -3.48. The average molecular weight is 380 g/mol. The number of guanidine groups is 1. The van der Waals surface area contributed by atoms with E-state index >= 15 is 0 Å². The summed E-state index contributed by atoms with van der Waals surface area (Å²) in [5.41, 5.74) is 2.61. The van der Waals surface area contributed by atoms with E-state index in [-0.39, 0.29) is 0 Å². The summed E-state index contributed by atoms with van der Waals surface area (Å²) in [5.74, 6) is 2.70. The molecule has 0 radical (unpaired) electrons. The van der Waals surface area contributed by atoms with Crippen molar-refractivity contribution in [2.75, 3.05) is 26.1 Å². The molecule has 0 fully saturated rings. The maximum Gasteiger partial charge on any atom is 0.195 e. The highest BCUT2D eigenvalue weighted by Crippen LogP contribution is 2.30. The maximum absolute atomic E-state index is 5.54. The van der Waals surface area contributed by atoms with Crippen LogP contribution in [0, 0.1) is 0 Å². The van der Waals surface area contributed by atoms with Crippen LogP contribution >= 0.6 is 0 Å². The molecule has 146 valence electrons. The standard InChI is InChI=1S/C21H24N4O3/c1-4-27-18-11-10-16(12-20(18)26-3)24-21(22-2)23-14-17-13-19(28-25-17)15-8-6-5-7-9-15/h5-13H,4,14H2,1-3H3,(H2,22,23,24). The Balaban J connectivity index is 1.62. The van der Waals surface area contributed by atoms with Crippen LogP contribution in [-0.4, -0.2) is 31.9 Å². The van der Waals surface area contributed by atoms with Crippen LogP contribution in [0.1, 0.15) is 12.6 Å². The summed E-state index contributed by atoms with van der Waals surface area (Å²) in [7, 11) is 3.32. The third-order valence-electron chi connectivity index (χ3n) is 4.00. The first-order valence-corrected chi connectivity index (χ1v) is 9.03. The third kappa shape index (κ3) is 4.82. The second kappa shape index (κ2) is 9.45. The Morgan fingerprint density at radius 1 is 1.11 bits per heavy atom. The van der Waals surface area contributed by atoms with Crippen molar-refractivity contribution in [3.8, 4) is 22.8 Å². The maximum atomic E-state index is 5.54. The summed E-state index contributed by atoms with van der Waals surface area (Å²) >= 11 is 0. The molecule has 0 saturated heterocycles. The molecule has 0 saturated carbocycles. The first-order chi connectivity index (χ1) is 13.7. The van der Waals surface area contributed by atoms with E-state index in [2.05, 4.69) is 20.8 Å². The molecule has 3 rings (SSSR count). The van der Waals surface area contributed by atoms with Crippen molar-refractivity contribution < 1.29 is 14.0 Å². The molecule has 0 aliphatic carbocycles. The van der Waals surface area contributed by atoms with E-state index in [0.717, 1.165) is 22.7 Å². The number of aromatic nitrogens is 1.